The van der Waals surface area contributed by atoms with Gasteiger partial charge in [0.25, 0.3) is 0 Å². The molecule has 1 unspecified atom stereocenters. The third-order valence-electron chi connectivity index (χ3n) is 9.78. The van der Waals surface area contributed by atoms with Crippen molar-refractivity contribution in [2.24, 2.45) is 5.92 Å². The van der Waals surface area contributed by atoms with Gasteiger partial charge < -0.3 is 4.42 Å². The van der Waals surface area contributed by atoms with Crippen LogP contribution in [0.25, 0.3) is 92.0 Å². The van der Waals surface area contributed by atoms with Gasteiger partial charge in [-0.3, -0.25) is 0 Å². The molecule has 0 bridgehead atoms. The van der Waals surface area contributed by atoms with E-state index in [1.54, 1.807) is 0 Å². The summed E-state index contributed by atoms with van der Waals surface area (Å²) in [5.41, 5.74) is 9.94. The number of hydrogen-bond acceptors (Lipinski definition) is 2. The lowest BCUT2D eigenvalue weighted by Crippen LogP contribution is -2.08. The minimum Gasteiger partial charge on any atom is -0.456 e. The van der Waals surface area contributed by atoms with Gasteiger partial charge in [0, 0.05) is 30.9 Å². The molecule has 0 saturated heterocycles. The fourth-order valence-electron chi connectivity index (χ4n) is 7.78. The molecule has 0 N–H and O–H groups in total. The number of allylic oxidation sites excluding steroid dienone is 1. The molecule has 1 atom stereocenters. The summed E-state index contributed by atoms with van der Waals surface area (Å²) in [6.07, 6.45) is 5.81. The average Bonchev–Trinajstić information content (AvgIpc) is 3.63. The van der Waals surface area contributed by atoms with Gasteiger partial charge in [-0.15, -0.1) is 11.3 Å². The van der Waals surface area contributed by atoms with Crippen LogP contribution in [-0.2, 0) is 6.42 Å². The molecule has 10 rings (SSSR count). The van der Waals surface area contributed by atoms with Crippen LogP contribution in [0.1, 0.15) is 18.1 Å². The van der Waals surface area contributed by atoms with Crippen LogP contribution < -0.4 is 0 Å². The smallest absolute Gasteiger partial charge is 0.135 e. The molecule has 1 nitrogen and oxygen atoms in total. The quantitative estimate of drug-likeness (QED) is 0.195. The van der Waals surface area contributed by atoms with Crippen molar-refractivity contribution < 1.29 is 4.42 Å². The summed E-state index contributed by atoms with van der Waals surface area (Å²) in [6, 6.07) is 44.6. The van der Waals surface area contributed by atoms with Gasteiger partial charge in [-0.1, -0.05) is 104 Å². The minimum absolute atomic E-state index is 0.466. The molecule has 1 aliphatic carbocycles. The Bertz CT molecular complexity index is 2700. The minimum atomic E-state index is 0.466. The SMILES string of the molecule is CC1C=Cc2c(c(-c3ccc4oc5ccccc5c4c3)c3ccccc3c2-c2cccc3sc4cc5ccccc5cc4c23)C1. The molecule has 45 heavy (non-hydrogen) atoms. The standard InChI is InChI=1S/C43H28OS/c1-25-17-19-32-35(21-25)41(28-18-20-38-34(23-28)29-11-6-7-15-37(29)44-38)30-12-4-5-13-31(30)42(32)33-14-8-16-39-43(33)36-22-26-9-2-3-10-27(26)24-40(36)45-39/h2-20,22-25H,21H2,1H3. The maximum atomic E-state index is 6.22. The summed E-state index contributed by atoms with van der Waals surface area (Å²) < 4.78 is 8.90. The number of thiophene rings is 1. The van der Waals surface area contributed by atoms with Crippen molar-refractivity contribution in [3.8, 4) is 22.3 Å². The van der Waals surface area contributed by atoms with E-state index >= 15 is 0 Å². The highest BCUT2D eigenvalue weighted by molar-refractivity contribution is 7.26. The van der Waals surface area contributed by atoms with Gasteiger partial charge in [0.1, 0.15) is 11.2 Å². The van der Waals surface area contributed by atoms with Gasteiger partial charge in [-0.2, -0.15) is 0 Å². The Labute approximate surface area is 264 Å². The zero-order chi connectivity index (χ0) is 29.6. The Balaban J connectivity index is 1.32. The van der Waals surface area contributed by atoms with Crippen LogP contribution in [0.4, 0.5) is 0 Å². The first-order valence-corrected chi connectivity index (χ1v) is 16.5. The first kappa shape index (κ1) is 25.2. The third kappa shape index (κ3) is 3.67. The first-order valence-electron chi connectivity index (χ1n) is 15.7. The molecule has 2 heteroatoms. The highest BCUT2D eigenvalue weighted by Crippen LogP contribution is 2.49. The summed E-state index contributed by atoms with van der Waals surface area (Å²) in [4.78, 5) is 0. The van der Waals surface area contributed by atoms with Gasteiger partial charge in [-0.05, 0) is 104 Å². The topological polar surface area (TPSA) is 13.1 Å². The molecular formula is C43H28OS. The van der Waals surface area contributed by atoms with E-state index in [0.717, 1.165) is 17.6 Å². The second-order valence-corrected chi connectivity index (χ2v) is 13.6. The van der Waals surface area contributed by atoms with E-state index in [2.05, 4.69) is 134 Å². The lowest BCUT2D eigenvalue weighted by Gasteiger charge is -2.26. The van der Waals surface area contributed by atoms with Gasteiger partial charge in [0.2, 0.25) is 0 Å². The van der Waals surface area contributed by atoms with Crippen LogP contribution >= 0.6 is 11.3 Å². The van der Waals surface area contributed by atoms with Crippen LogP contribution in [0, 0.1) is 5.92 Å². The summed E-state index contributed by atoms with van der Waals surface area (Å²) in [7, 11) is 0. The van der Waals surface area contributed by atoms with Crippen LogP contribution in [-0.4, -0.2) is 0 Å². The molecule has 7 aromatic carbocycles. The molecular weight excluding hydrogens is 565 g/mol. The molecule has 2 aromatic heterocycles. The van der Waals surface area contributed by atoms with E-state index in [1.807, 2.05) is 17.4 Å². The van der Waals surface area contributed by atoms with Crippen molar-refractivity contribution in [3.63, 3.8) is 0 Å². The number of hydrogen-bond donors (Lipinski definition) is 0. The zero-order valence-electron chi connectivity index (χ0n) is 24.8. The molecule has 212 valence electrons. The summed E-state index contributed by atoms with van der Waals surface area (Å²) >= 11 is 1.90. The van der Waals surface area contributed by atoms with E-state index in [4.69, 9.17) is 4.42 Å². The van der Waals surface area contributed by atoms with Crippen LogP contribution in [0.3, 0.4) is 0 Å². The highest BCUT2D eigenvalue weighted by Gasteiger charge is 2.25. The molecule has 0 aliphatic heterocycles. The number of rotatable bonds is 2. The van der Waals surface area contributed by atoms with Crippen molar-refractivity contribution in [1.29, 1.82) is 0 Å². The molecule has 2 heterocycles. The van der Waals surface area contributed by atoms with Gasteiger partial charge in [-0.25, -0.2) is 0 Å². The maximum absolute atomic E-state index is 6.22. The van der Waals surface area contributed by atoms with Gasteiger partial charge in [0.05, 0.1) is 0 Å². The fraction of sp³-hybridized carbons (Fsp3) is 0.0698. The summed E-state index contributed by atoms with van der Waals surface area (Å²) in [5.74, 6) is 0.466. The first-order chi connectivity index (χ1) is 22.2. The van der Waals surface area contributed by atoms with Gasteiger partial charge in [0.15, 0.2) is 0 Å². The predicted molar refractivity (Wildman–Crippen MR) is 194 cm³/mol. The Morgan fingerprint density at radius 3 is 2.20 bits per heavy atom. The Hall–Kier alpha value is -5.18. The largest absolute Gasteiger partial charge is 0.456 e. The van der Waals surface area contributed by atoms with E-state index in [-0.39, 0.29) is 0 Å². The second-order valence-electron chi connectivity index (χ2n) is 12.5. The van der Waals surface area contributed by atoms with E-state index in [9.17, 15) is 0 Å². The normalized spacial score (nSPS) is 14.8. The zero-order valence-corrected chi connectivity index (χ0v) is 25.6. The van der Waals surface area contributed by atoms with Crippen LogP contribution in [0.15, 0.2) is 132 Å². The summed E-state index contributed by atoms with van der Waals surface area (Å²) in [5, 5.41) is 10.2. The molecule has 0 spiro atoms. The molecule has 0 saturated carbocycles. The van der Waals surface area contributed by atoms with Crippen LogP contribution in [0.2, 0.25) is 0 Å². The van der Waals surface area contributed by atoms with Crippen molar-refractivity contribution in [3.05, 3.63) is 139 Å². The fourth-order valence-corrected chi connectivity index (χ4v) is 8.94. The Kier molecular flexibility index (Phi) is 5.26. The molecule has 9 aromatic rings. The van der Waals surface area contributed by atoms with E-state index in [0.29, 0.717) is 5.92 Å². The molecule has 0 radical (unpaired) electrons. The van der Waals surface area contributed by atoms with Crippen molar-refractivity contribution >= 4 is 81.1 Å². The number of furan rings is 1. The molecule has 0 fully saturated rings. The van der Waals surface area contributed by atoms with Gasteiger partial charge >= 0.3 is 0 Å². The lowest BCUT2D eigenvalue weighted by molar-refractivity contribution is 0.669. The molecule has 0 amide bonds. The second kappa shape index (κ2) is 9.41. The predicted octanol–water partition coefficient (Wildman–Crippen LogP) is 12.8. The third-order valence-corrected chi connectivity index (χ3v) is 10.9. The van der Waals surface area contributed by atoms with Crippen LogP contribution in [0.5, 0.6) is 0 Å². The monoisotopic (exact) mass is 592 g/mol. The Morgan fingerprint density at radius 1 is 0.600 bits per heavy atom. The molecule has 1 aliphatic rings. The van der Waals surface area contributed by atoms with Crippen molar-refractivity contribution in [1.82, 2.24) is 0 Å². The van der Waals surface area contributed by atoms with E-state index < -0.39 is 0 Å². The van der Waals surface area contributed by atoms with Crippen molar-refractivity contribution in [2.45, 2.75) is 13.3 Å². The summed E-state index contributed by atoms with van der Waals surface area (Å²) in [6.45, 7) is 2.34. The Morgan fingerprint density at radius 2 is 1.33 bits per heavy atom. The van der Waals surface area contributed by atoms with E-state index in [1.165, 1.54) is 85.9 Å². The number of para-hydroxylation sites is 1. The highest BCUT2D eigenvalue weighted by atomic mass is 32.1. The van der Waals surface area contributed by atoms with Crippen molar-refractivity contribution in [2.75, 3.05) is 0 Å². The number of benzene rings is 7. The average molecular weight is 593 g/mol. The lowest BCUT2D eigenvalue weighted by atomic mass is 9.77. The maximum Gasteiger partial charge on any atom is 0.135 e. The number of fused-ring (bicyclic) bond motifs is 9.